The van der Waals surface area contributed by atoms with Gasteiger partial charge >= 0.3 is 11.9 Å². The van der Waals surface area contributed by atoms with Crippen molar-refractivity contribution >= 4 is 35.5 Å². The fraction of sp³-hybridized carbons (Fsp3) is 0.857. The van der Waals surface area contributed by atoms with E-state index in [0.29, 0.717) is 13.2 Å². The number of ether oxygens (including phenoxy) is 2. The highest BCUT2D eigenvalue weighted by atomic mass is 32.2. The first-order valence-electron chi connectivity index (χ1n) is 7.01. The standard InChI is InChI=1S/C14H26O4S2/c1-5-17-13(15)11(3)9-19-7-8-20-10-12(4)14(16)18-6-2/h11-12H,5-10H2,1-4H3. The topological polar surface area (TPSA) is 52.6 Å². The molecular formula is C14H26O4S2. The molecule has 0 aliphatic rings. The van der Waals surface area contributed by atoms with Gasteiger partial charge in [-0.1, -0.05) is 13.8 Å². The predicted molar refractivity (Wildman–Crippen MR) is 86.2 cm³/mol. The summed E-state index contributed by atoms with van der Waals surface area (Å²) < 4.78 is 9.91. The van der Waals surface area contributed by atoms with Gasteiger partial charge in [0.25, 0.3) is 0 Å². The molecule has 4 nitrogen and oxygen atoms in total. The number of hydrogen-bond donors (Lipinski definition) is 0. The van der Waals surface area contributed by atoms with Gasteiger partial charge in [0, 0.05) is 23.0 Å². The van der Waals surface area contributed by atoms with Crippen LogP contribution in [0.5, 0.6) is 0 Å². The Morgan fingerprint density at radius 2 is 1.20 bits per heavy atom. The summed E-state index contributed by atoms with van der Waals surface area (Å²) >= 11 is 3.50. The molecule has 2 unspecified atom stereocenters. The van der Waals surface area contributed by atoms with Crippen molar-refractivity contribution in [1.82, 2.24) is 0 Å². The van der Waals surface area contributed by atoms with E-state index in [-0.39, 0.29) is 23.8 Å². The lowest BCUT2D eigenvalue weighted by molar-refractivity contribution is -0.147. The molecule has 0 aliphatic heterocycles. The summed E-state index contributed by atoms with van der Waals surface area (Å²) in [7, 11) is 0. The third-order valence-electron chi connectivity index (χ3n) is 2.49. The average Bonchev–Trinajstić information content (AvgIpc) is 2.42. The van der Waals surface area contributed by atoms with Crippen molar-refractivity contribution in [3.63, 3.8) is 0 Å². The molecule has 2 atom stereocenters. The SMILES string of the molecule is CCOC(=O)C(C)CSCCSCC(C)C(=O)OCC. The fourth-order valence-corrected chi connectivity index (χ4v) is 3.60. The first-order valence-corrected chi connectivity index (χ1v) is 9.32. The molecule has 118 valence electrons. The second-order valence-corrected chi connectivity index (χ2v) is 6.76. The van der Waals surface area contributed by atoms with Gasteiger partial charge in [-0.15, -0.1) is 0 Å². The van der Waals surface area contributed by atoms with E-state index in [1.54, 1.807) is 23.5 Å². The number of hydrogen-bond acceptors (Lipinski definition) is 6. The van der Waals surface area contributed by atoms with Crippen molar-refractivity contribution in [1.29, 1.82) is 0 Å². The number of esters is 2. The Morgan fingerprint density at radius 1 is 0.850 bits per heavy atom. The van der Waals surface area contributed by atoms with E-state index in [9.17, 15) is 9.59 Å². The Hall–Kier alpha value is -0.360. The molecule has 0 saturated heterocycles. The molecule has 0 aromatic carbocycles. The Labute approximate surface area is 130 Å². The summed E-state index contributed by atoms with van der Waals surface area (Å²) in [6, 6.07) is 0. The fourth-order valence-electron chi connectivity index (χ4n) is 1.34. The van der Waals surface area contributed by atoms with Crippen molar-refractivity contribution in [3.05, 3.63) is 0 Å². The molecular weight excluding hydrogens is 296 g/mol. The molecule has 0 amide bonds. The summed E-state index contributed by atoms with van der Waals surface area (Å²) in [4.78, 5) is 22.8. The normalized spacial score (nSPS) is 13.6. The van der Waals surface area contributed by atoms with Crippen LogP contribution in [0.2, 0.25) is 0 Å². The highest BCUT2D eigenvalue weighted by molar-refractivity contribution is 8.02. The molecule has 0 bridgehead atoms. The lowest BCUT2D eigenvalue weighted by atomic mass is 10.2. The lowest BCUT2D eigenvalue weighted by Gasteiger charge is -2.11. The molecule has 0 fully saturated rings. The monoisotopic (exact) mass is 322 g/mol. The molecule has 0 rings (SSSR count). The van der Waals surface area contributed by atoms with Crippen LogP contribution in [-0.2, 0) is 19.1 Å². The average molecular weight is 322 g/mol. The van der Waals surface area contributed by atoms with E-state index in [0.717, 1.165) is 23.0 Å². The van der Waals surface area contributed by atoms with Crippen molar-refractivity contribution in [2.24, 2.45) is 11.8 Å². The Kier molecular flexibility index (Phi) is 12.2. The minimum absolute atomic E-state index is 0.0524. The van der Waals surface area contributed by atoms with Gasteiger partial charge in [-0.05, 0) is 13.8 Å². The zero-order chi connectivity index (χ0) is 15.4. The van der Waals surface area contributed by atoms with Crippen LogP contribution in [0.1, 0.15) is 27.7 Å². The molecule has 6 heteroatoms. The van der Waals surface area contributed by atoms with E-state index in [1.807, 2.05) is 27.7 Å². The summed E-state index contributed by atoms with van der Waals surface area (Å²) in [6.45, 7) is 8.30. The quantitative estimate of drug-likeness (QED) is 0.431. The smallest absolute Gasteiger partial charge is 0.309 e. The van der Waals surface area contributed by atoms with Crippen LogP contribution in [-0.4, -0.2) is 48.2 Å². The van der Waals surface area contributed by atoms with Crippen LogP contribution in [0.25, 0.3) is 0 Å². The maximum Gasteiger partial charge on any atom is 0.309 e. The molecule has 20 heavy (non-hydrogen) atoms. The zero-order valence-corrected chi connectivity index (χ0v) is 14.5. The van der Waals surface area contributed by atoms with Crippen LogP contribution >= 0.6 is 23.5 Å². The van der Waals surface area contributed by atoms with Crippen LogP contribution in [0.15, 0.2) is 0 Å². The first kappa shape index (κ1) is 19.6. The van der Waals surface area contributed by atoms with E-state index in [4.69, 9.17) is 9.47 Å². The second kappa shape index (κ2) is 12.4. The number of rotatable bonds is 11. The molecule has 0 saturated carbocycles. The van der Waals surface area contributed by atoms with Crippen molar-refractivity contribution < 1.29 is 19.1 Å². The van der Waals surface area contributed by atoms with Crippen LogP contribution in [0.4, 0.5) is 0 Å². The minimum Gasteiger partial charge on any atom is -0.466 e. The Bertz CT molecular complexity index is 256. The molecule has 0 aliphatic carbocycles. The third-order valence-corrected chi connectivity index (χ3v) is 5.20. The highest BCUT2D eigenvalue weighted by Gasteiger charge is 2.15. The number of thioether (sulfide) groups is 2. The first-order chi connectivity index (χ1) is 9.52. The van der Waals surface area contributed by atoms with Crippen molar-refractivity contribution in [3.8, 4) is 0 Å². The largest absolute Gasteiger partial charge is 0.466 e. The number of carbonyl (C=O) groups excluding carboxylic acids is 2. The summed E-state index contributed by atoms with van der Waals surface area (Å²) in [5.74, 6) is 3.17. The van der Waals surface area contributed by atoms with E-state index in [1.165, 1.54) is 0 Å². The van der Waals surface area contributed by atoms with Crippen molar-refractivity contribution in [2.75, 3.05) is 36.2 Å². The van der Waals surface area contributed by atoms with Crippen LogP contribution < -0.4 is 0 Å². The molecule has 0 spiro atoms. The van der Waals surface area contributed by atoms with E-state index >= 15 is 0 Å². The molecule has 0 heterocycles. The van der Waals surface area contributed by atoms with Crippen LogP contribution in [0.3, 0.4) is 0 Å². The molecule has 0 aromatic heterocycles. The van der Waals surface area contributed by atoms with Gasteiger partial charge < -0.3 is 9.47 Å². The minimum atomic E-state index is -0.122. The molecule has 0 aromatic rings. The summed E-state index contributed by atoms with van der Waals surface area (Å²) in [6.07, 6.45) is 0. The number of carbonyl (C=O) groups is 2. The molecule has 0 N–H and O–H groups in total. The Balaban J connectivity index is 3.53. The van der Waals surface area contributed by atoms with E-state index < -0.39 is 0 Å². The van der Waals surface area contributed by atoms with Crippen molar-refractivity contribution in [2.45, 2.75) is 27.7 Å². The van der Waals surface area contributed by atoms with Gasteiger partial charge in [-0.3, -0.25) is 9.59 Å². The lowest BCUT2D eigenvalue weighted by Crippen LogP contribution is -2.17. The second-order valence-electron chi connectivity index (χ2n) is 4.46. The van der Waals surface area contributed by atoms with Gasteiger partial charge in [0.15, 0.2) is 0 Å². The van der Waals surface area contributed by atoms with Gasteiger partial charge in [-0.25, -0.2) is 0 Å². The van der Waals surface area contributed by atoms with E-state index in [2.05, 4.69) is 0 Å². The highest BCUT2D eigenvalue weighted by Crippen LogP contribution is 2.15. The third kappa shape index (κ3) is 9.53. The maximum atomic E-state index is 11.4. The predicted octanol–water partition coefficient (Wildman–Crippen LogP) is 2.85. The van der Waals surface area contributed by atoms with Gasteiger partial charge in [-0.2, -0.15) is 23.5 Å². The van der Waals surface area contributed by atoms with Gasteiger partial charge in [0.1, 0.15) is 0 Å². The van der Waals surface area contributed by atoms with Crippen LogP contribution in [0, 0.1) is 11.8 Å². The van der Waals surface area contributed by atoms with Gasteiger partial charge in [0.2, 0.25) is 0 Å². The maximum absolute atomic E-state index is 11.4. The van der Waals surface area contributed by atoms with Gasteiger partial charge in [0.05, 0.1) is 25.0 Å². The Morgan fingerprint density at radius 3 is 1.50 bits per heavy atom. The molecule has 0 radical (unpaired) electrons. The zero-order valence-electron chi connectivity index (χ0n) is 12.8. The summed E-state index contributed by atoms with van der Waals surface area (Å²) in [5, 5.41) is 0. The summed E-state index contributed by atoms with van der Waals surface area (Å²) in [5.41, 5.74) is 0.